The number of hydrogen-bond donors (Lipinski definition) is 1. The van der Waals surface area contributed by atoms with Crippen molar-refractivity contribution in [1.82, 2.24) is 25.0 Å². The lowest BCUT2D eigenvalue weighted by Gasteiger charge is -2.22. The minimum absolute atomic E-state index is 0.523. The van der Waals surface area contributed by atoms with Crippen LogP contribution in [-0.2, 0) is 26.1 Å². The highest BCUT2D eigenvalue weighted by atomic mass is 15.3. The fraction of sp³-hybridized carbons (Fsp3) is 0.500. The van der Waals surface area contributed by atoms with Gasteiger partial charge in [0.25, 0.3) is 0 Å². The van der Waals surface area contributed by atoms with Gasteiger partial charge in [-0.25, -0.2) is 4.99 Å². The fourth-order valence-electron chi connectivity index (χ4n) is 2.51. The molecule has 2 rings (SSSR count). The van der Waals surface area contributed by atoms with Crippen LogP contribution in [-0.4, -0.2) is 39.2 Å². The Labute approximate surface area is 144 Å². The smallest absolute Gasteiger partial charge is 0.194 e. The summed E-state index contributed by atoms with van der Waals surface area (Å²) in [7, 11) is 2.06. The molecule has 0 aliphatic carbocycles. The van der Waals surface area contributed by atoms with Gasteiger partial charge in [0, 0.05) is 26.7 Å². The molecule has 2 aromatic rings. The lowest BCUT2D eigenvalue weighted by atomic mass is 10.1. The quantitative estimate of drug-likeness (QED) is 0.626. The summed E-state index contributed by atoms with van der Waals surface area (Å²) in [5.41, 5.74) is 2.64. The van der Waals surface area contributed by atoms with Gasteiger partial charge in [0.2, 0.25) is 0 Å². The van der Waals surface area contributed by atoms with E-state index < -0.39 is 0 Å². The van der Waals surface area contributed by atoms with Crippen molar-refractivity contribution >= 4 is 5.96 Å². The molecule has 0 fully saturated rings. The summed E-state index contributed by atoms with van der Waals surface area (Å²) in [5, 5.41) is 11.4. The molecule has 0 unspecified atom stereocenters. The summed E-state index contributed by atoms with van der Waals surface area (Å²) in [6.07, 6.45) is 2.81. The van der Waals surface area contributed by atoms with E-state index in [1.54, 1.807) is 6.33 Å². The Hall–Kier alpha value is -2.37. The third kappa shape index (κ3) is 4.81. The topological polar surface area (TPSA) is 58.3 Å². The molecule has 0 amide bonds. The highest BCUT2D eigenvalue weighted by molar-refractivity contribution is 5.79. The Bertz CT molecular complexity index is 644. The van der Waals surface area contributed by atoms with E-state index in [-0.39, 0.29) is 0 Å². The van der Waals surface area contributed by atoms with Crippen LogP contribution in [0.25, 0.3) is 0 Å². The summed E-state index contributed by atoms with van der Waals surface area (Å²) >= 11 is 0. The maximum Gasteiger partial charge on any atom is 0.194 e. The number of benzene rings is 1. The number of guanidine groups is 1. The molecule has 1 aromatic heterocycles. The zero-order valence-electron chi connectivity index (χ0n) is 15.2. The molecule has 24 heavy (non-hydrogen) atoms. The van der Waals surface area contributed by atoms with Crippen molar-refractivity contribution in [3.63, 3.8) is 0 Å². The summed E-state index contributed by atoms with van der Waals surface area (Å²) in [5.74, 6) is 1.76. The van der Waals surface area contributed by atoms with Crippen LogP contribution in [0, 0.1) is 0 Å². The Morgan fingerprint density at radius 1 is 1.17 bits per heavy atom. The molecule has 0 saturated heterocycles. The number of rotatable bonds is 7. The van der Waals surface area contributed by atoms with E-state index in [0.717, 1.165) is 37.8 Å². The van der Waals surface area contributed by atoms with E-state index >= 15 is 0 Å². The number of nitrogens with one attached hydrogen (secondary N) is 1. The molecule has 0 spiro atoms. The summed E-state index contributed by atoms with van der Waals surface area (Å²) < 4.78 is 2.01. The predicted molar refractivity (Wildman–Crippen MR) is 97.8 cm³/mol. The summed E-state index contributed by atoms with van der Waals surface area (Å²) in [6.45, 7) is 9.35. The van der Waals surface area contributed by atoms with Gasteiger partial charge in [-0.2, -0.15) is 0 Å². The lowest BCUT2D eigenvalue weighted by Crippen LogP contribution is -2.38. The van der Waals surface area contributed by atoms with Crippen LogP contribution in [0.5, 0.6) is 0 Å². The average Bonchev–Trinajstić information content (AvgIpc) is 3.06. The van der Waals surface area contributed by atoms with Crippen molar-refractivity contribution in [2.75, 3.05) is 13.6 Å². The van der Waals surface area contributed by atoms with Gasteiger partial charge in [-0.3, -0.25) is 0 Å². The Kier molecular flexibility index (Phi) is 6.78. The first-order valence-corrected chi connectivity index (χ1v) is 8.61. The van der Waals surface area contributed by atoms with Gasteiger partial charge in [-0.15, -0.1) is 10.2 Å². The van der Waals surface area contributed by atoms with Crippen LogP contribution in [0.4, 0.5) is 0 Å². The standard InChI is InChI=1S/C18H28N6/c1-5-15-8-10-16(11-9-15)13-23(4)18(19-6-2)20-12-17-22-21-14-24(17)7-3/h8-11,14H,5-7,12-13H2,1-4H3,(H,19,20). The largest absolute Gasteiger partial charge is 0.357 e. The van der Waals surface area contributed by atoms with E-state index in [1.807, 2.05) is 4.57 Å². The molecule has 0 atom stereocenters. The van der Waals surface area contributed by atoms with Crippen molar-refractivity contribution in [2.45, 2.75) is 46.8 Å². The molecule has 0 aliphatic heterocycles. The first kappa shape index (κ1) is 18.0. The van der Waals surface area contributed by atoms with Gasteiger partial charge in [0.1, 0.15) is 12.9 Å². The molecule has 1 aromatic carbocycles. The van der Waals surface area contributed by atoms with Crippen LogP contribution in [0.3, 0.4) is 0 Å². The molecule has 130 valence electrons. The van der Waals surface area contributed by atoms with E-state index in [1.165, 1.54) is 11.1 Å². The summed E-state index contributed by atoms with van der Waals surface area (Å²) in [4.78, 5) is 6.84. The van der Waals surface area contributed by atoms with Crippen LogP contribution in [0.1, 0.15) is 37.7 Å². The molecule has 1 N–H and O–H groups in total. The molecule has 0 aliphatic rings. The van der Waals surface area contributed by atoms with Crippen molar-refractivity contribution in [1.29, 1.82) is 0 Å². The van der Waals surface area contributed by atoms with E-state index in [4.69, 9.17) is 4.99 Å². The van der Waals surface area contributed by atoms with Gasteiger partial charge in [0.15, 0.2) is 11.8 Å². The maximum absolute atomic E-state index is 4.70. The molecular formula is C18H28N6. The number of aliphatic imine (C=N–C) groups is 1. The SMILES string of the molecule is CCNC(=NCc1nncn1CC)N(C)Cc1ccc(CC)cc1. The van der Waals surface area contributed by atoms with E-state index in [0.29, 0.717) is 6.54 Å². The van der Waals surface area contributed by atoms with Gasteiger partial charge >= 0.3 is 0 Å². The van der Waals surface area contributed by atoms with E-state index in [9.17, 15) is 0 Å². The van der Waals surface area contributed by atoms with Crippen molar-refractivity contribution in [2.24, 2.45) is 4.99 Å². The van der Waals surface area contributed by atoms with Crippen molar-refractivity contribution in [3.05, 3.63) is 47.5 Å². The number of nitrogens with zero attached hydrogens (tertiary/aromatic N) is 5. The maximum atomic E-state index is 4.70. The second-order valence-corrected chi connectivity index (χ2v) is 5.73. The molecule has 0 radical (unpaired) electrons. The van der Waals surface area contributed by atoms with Crippen LogP contribution in [0.15, 0.2) is 35.6 Å². The highest BCUT2D eigenvalue weighted by Crippen LogP contribution is 2.08. The Morgan fingerprint density at radius 3 is 2.50 bits per heavy atom. The van der Waals surface area contributed by atoms with Crippen LogP contribution >= 0.6 is 0 Å². The molecule has 0 bridgehead atoms. The molecule has 1 heterocycles. The number of hydrogen-bond acceptors (Lipinski definition) is 3. The third-order valence-electron chi connectivity index (χ3n) is 3.95. The van der Waals surface area contributed by atoms with Crippen LogP contribution < -0.4 is 5.32 Å². The normalized spacial score (nSPS) is 11.6. The monoisotopic (exact) mass is 328 g/mol. The van der Waals surface area contributed by atoms with Gasteiger partial charge in [-0.05, 0) is 31.4 Å². The molecule has 6 heteroatoms. The number of aromatic nitrogens is 3. The minimum atomic E-state index is 0.523. The van der Waals surface area contributed by atoms with Crippen molar-refractivity contribution in [3.8, 4) is 0 Å². The van der Waals surface area contributed by atoms with Gasteiger partial charge in [-0.1, -0.05) is 31.2 Å². The Morgan fingerprint density at radius 2 is 1.88 bits per heavy atom. The fourth-order valence-corrected chi connectivity index (χ4v) is 2.51. The minimum Gasteiger partial charge on any atom is -0.357 e. The molecular weight excluding hydrogens is 300 g/mol. The van der Waals surface area contributed by atoms with Crippen molar-refractivity contribution < 1.29 is 0 Å². The Balaban J connectivity index is 2.05. The summed E-state index contributed by atoms with van der Waals surface area (Å²) in [6, 6.07) is 8.76. The van der Waals surface area contributed by atoms with Gasteiger partial charge < -0.3 is 14.8 Å². The first-order chi connectivity index (χ1) is 11.7. The second kappa shape index (κ2) is 9.05. The van der Waals surface area contributed by atoms with Gasteiger partial charge in [0.05, 0.1) is 0 Å². The first-order valence-electron chi connectivity index (χ1n) is 8.61. The average molecular weight is 328 g/mol. The predicted octanol–water partition coefficient (Wildman–Crippen LogP) is 2.46. The zero-order valence-corrected chi connectivity index (χ0v) is 15.2. The lowest BCUT2D eigenvalue weighted by molar-refractivity contribution is 0.476. The van der Waals surface area contributed by atoms with Crippen LogP contribution in [0.2, 0.25) is 0 Å². The third-order valence-corrected chi connectivity index (χ3v) is 3.95. The van der Waals surface area contributed by atoms with E-state index in [2.05, 4.69) is 72.5 Å². The zero-order chi connectivity index (χ0) is 17.4. The molecule has 6 nitrogen and oxygen atoms in total. The second-order valence-electron chi connectivity index (χ2n) is 5.73. The number of aryl methyl sites for hydroxylation is 2. The highest BCUT2D eigenvalue weighted by Gasteiger charge is 2.08. The molecule has 0 saturated carbocycles.